The first-order valence-corrected chi connectivity index (χ1v) is 35.5. The molecule has 3 N–H and O–H groups in total. The van der Waals surface area contributed by atoms with E-state index >= 15 is 0 Å². The maximum absolute atomic E-state index is 12.5. The van der Waals surface area contributed by atoms with Crippen LogP contribution in [0.3, 0.4) is 0 Å². The van der Waals surface area contributed by atoms with Crippen molar-refractivity contribution in [3.05, 3.63) is 12.2 Å². The lowest BCUT2D eigenvalue weighted by Gasteiger charge is -2.20. The van der Waals surface area contributed by atoms with Crippen molar-refractivity contribution < 1.29 is 24.5 Å². The minimum atomic E-state index is -0.845. The van der Waals surface area contributed by atoms with Gasteiger partial charge in [0.2, 0.25) is 5.91 Å². The Balaban J connectivity index is 3.37. The van der Waals surface area contributed by atoms with Crippen LogP contribution in [0.25, 0.3) is 0 Å². The Kier molecular flexibility index (Phi) is 65.9. The summed E-state index contributed by atoms with van der Waals surface area (Å²) >= 11 is 0. The number of rotatable bonds is 67. The third-order valence-corrected chi connectivity index (χ3v) is 16.8. The van der Waals surface area contributed by atoms with Gasteiger partial charge in [0.1, 0.15) is 0 Å². The van der Waals surface area contributed by atoms with Crippen LogP contribution in [0, 0.1) is 0 Å². The minimum absolute atomic E-state index is 0.0187. The molecule has 0 aliphatic rings. The number of amides is 1. The van der Waals surface area contributed by atoms with Crippen molar-refractivity contribution in [2.24, 2.45) is 0 Å². The van der Waals surface area contributed by atoms with Crippen LogP contribution in [0.15, 0.2) is 12.2 Å². The fraction of sp³-hybridized carbons (Fsp3) is 0.944. The second-order valence-corrected chi connectivity index (χ2v) is 24.6. The van der Waals surface area contributed by atoms with E-state index < -0.39 is 12.1 Å². The van der Waals surface area contributed by atoms with Crippen molar-refractivity contribution in [1.82, 2.24) is 5.32 Å². The summed E-state index contributed by atoms with van der Waals surface area (Å²) in [5.41, 5.74) is 0. The van der Waals surface area contributed by atoms with Gasteiger partial charge in [-0.3, -0.25) is 9.59 Å². The van der Waals surface area contributed by atoms with E-state index in [1.165, 1.54) is 340 Å². The normalized spacial score (nSPS) is 12.5. The van der Waals surface area contributed by atoms with E-state index in [0.29, 0.717) is 19.4 Å². The predicted molar refractivity (Wildman–Crippen MR) is 338 cm³/mol. The van der Waals surface area contributed by atoms with E-state index in [9.17, 15) is 19.8 Å². The number of esters is 1. The van der Waals surface area contributed by atoms with Gasteiger partial charge >= 0.3 is 5.97 Å². The molecule has 0 fully saturated rings. The number of unbranched alkanes of at least 4 members (excludes halogenated alkanes) is 56. The Labute approximate surface area is 482 Å². The van der Waals surface area contributed by atoms with Crippen molar-refractivity contribution in [2.45, 2.75) is 418 Å². The van der Waals surface area contributed by atoms with E-state index in [1.54, 1.807) is 6.08 Å². The summed E-state index contributed by atoms with van der Waals surface area (Å²) in [7, 11) is 0. The largest absolute Gasteiger partial charge is 0.466 e. The molecule has 1 amide bonds. The quantitative estimate of drug-likeness (QED) is 0.0320. The molecule has 6 heteroatoms. The van der Waals surface area contributed by atoms with Gasteiger partial charge in [0.15, 0.2) is 0 Å². The van der Waals surface area contributed by atoms with E-state index in [-0.39, 0.29) is 18.5 Å². The number of aliphatic hydroxyl groups excluding tert-OH is 2. The Morgan fingerprint density at radius 1 is 0.351 bits per heavy atom. The number of ether oxygens (including phenoxy) is 1. The molecular formula is C71H139NO5. The molecule has 0 saturated heterocycles. The Morgan fingerprint density at radius 3 is 0.883 bits per heavy atom. The lowest BCUT2D eigenvalue weighted by molar-refractivity contribution is -0.143. The van der Waals surface area contributed by atoms with Gasteiger partial charge in [-0.05, 0) is 32.1 Å². The number of hydrogen-bond acceptors (Lipinski definition) is 5. The monoisotopic (exact) mass is 1090 g/mol. The minimum Gasteiger partial charge on any atom is -0.466 e. The van der Waals surface area contributed by atoms with Gasteiger partial charge in [-0.15, -0.1) is 0 Å². The molecular weight excluding hydrogens is 947 g/mol. The van der Waals surface area contributed by atoms with Crippen LogP contribution in [0.5, 0.6) is 0 Å². The van der Waals surface area contributed by atoms with Crippen molar-refractivity contribution in [2.75, 3.05) is 13.2 Å². The average molecular weight is 1090 g/mol. The summed E-state index contributed by atoms with van der Waals surface area (Å²) < 4.78 is 5.51. The summed E-state index contributed by atoms with van der Waals surface area (Å²) in [6.07, 6.45) is 82.8. The number of allylic oxidation sites excluding steroid dienone is 1. The molecule has 0 saturated carbocycles. The molecule has 0 aromatic heterocycles. The molecule has 458 valence electrons. The first kappa shape index (κ1) is 75.6. The third-order valence-electron chi connectivity index (χ3n) is 16.8. The second-order valence-electron chi connectivity index (χ2n) is 24.6. The van der Waals surface area contributed by atoms with Crippen molar-refractivity contribution >= 4 is 11.9 Å². The zero-order chi connectivity index (χ0) is 55.7. The molecule has 0 aliphatic carbocycles. The van der Waals surface area contributed by atoms with Gasteiger partial charge < -0.3 is 20.3 Å². The van der Waals surface area contributed by atoms with Crippen LogP contribution >= 0.6 is 0 Å². The zero-order valence-electron chi connectivity index (χ0n) is 52.5. The molecule has 0 spiro atoms. The molecule has 0 rings (SSSR count). The van der Waals surface area contributed by atoms with E-state index in [2.05, 4.69) is 19.2 Å². The number of nitrogens with one attached hydrogen (secondary N) is 1. The van der Waals surface area contributed by atoms with Crippen molar-refractivity contribution in [3.8, 4) is 0 Å². The molecule has 0 aromatic rings. The first-order chi connectivity index (χ1) is 38.0. The van der Waals surface area contributed by atoms with Crippen molar-refractivity contribution in [1.29, 1.82) is 0 Å². The lowest BCUT2D eigenvalue weighted by Crippen LogP contribution is -2.45. The predicted octanol–water partition coefficient (Wildman–Crippen LogP) is 22.8. The Bertz CT molecular complexity index is 1160. The Hall–Kier alpha value is -1.40. The SMILES string of the molecule is CCCCCCCCCCCCCCCCCCC/C=C/C(O)C(CO)NC(=O)CCCCCCCCCCCCCCCCCCCCCCCCOC(=O)CCCCCCCCCCCCCCCCCCCCC. The molecule has 0 aliphatic heterocycles. The highest BCUT2D eigenvalue weighted by atomic mass is 16.5. The highest BCUT2D eigenvalue weighted by Crippen LogP contribution is 2.19. The maximum Gasteiger partial charge on any atom is 0.305 e. The van der Waals surface area contributed by atoms with E-state index in [0.717, 1.165) is 38.5 Å². The van der Waals surface area contributed by atoms with Gasteiger partial charge in [-0.25, -0.2) is 0 Å². The van der Waals surface area contributed by atoms with Gasteiger partial charge in [-0.1, -0.05) is 373 Å². The summed E-state index contributed by atoms with van der Waals surface area (Å²) in [5, 5.41) is 23.2. The standard InChI is InChI=1S/C71H139NO5/c1-3-5-7-9-11-13-15-17-19-21-27-31-35-39-43-47-51-55-59-63-69(74)68(67-73)72-70(75)64-60-56-52-48-44-40-36-32-29-25-23-24-26-30-34-38-42-46-50-54-58-62-66-77-71(76)65-61-57-53-49-45-41-37-33-28-22-20-18-16-14-12-10-8-6-4-2/h59,63,68-69,73-74H,3-58,60-62,64-67H2,1-2H3,(H,72,75)/b63-59+. The number of aliphatic hydroxyl groups is 2. The summed E-state index contributed by atoms with van der Waals surface area (Å²) in [4.78, 5) is 24.6. The van der Waals surface area contributed by atoms with E-state index in [4.69, 9.17) is 4.74 Å². The number of carbonyl (C=O) groups is 2. The zero-order valence-corrected chi connectivity index (χ0v) is 52.5. The highest BCUT2D eigenvalue weighted by molar-refractivity contribution is 5.76. The van der Waals surface area contributed by atoms with Crippen LogP contribution in [0.4, 0.5) is 0 Å². The lowest BCUT2D eigenvalue weighted by atomic mass is 10.0. The van der Waals surface area contributed by atoms with Crippen LogP contribution in [0.1, 0.15) is 406 Å². The number of hydrogen-bond donors (Lipinski definition) is 3. The molecule has 6 nitrogen and oxygen atoms in total. The first-order valence-electron chi connectivity index (χ1n) is 35.5. The smallest absolute Gasteiger partial charge is 0.305 e. The van der Waals surface area contributed by atoms with Gasteiger partial charge in [0.25, 0.3) is 0 Å². The summed E-state index contributed by atoms with van der Waals surface area (Å²) in [5.74, 6) is -0.0452. The van der Waals surface area contributed by atoms with Crippen LogP contribution < -0.4 is 5.32 Å². The topological polar surface area (TPSA) is 95.9 Å². The highest BCUT2D eigenvalue weighted by Gasteiger charge is 2.18. The molecule has 0 bridgehead atoms. The maximum atomic E-state index is 12.5. The summed E-state index contributed by atoms with van der Waals surface area (Å²) in [6, 6.07) is -0.628. The fourth-order valence-corrected chi connectivity index (χ4v) is 11.4. The molecule has 2 atom stereocenters. The second kappa shape index (κ2) is 67.1. The van der Waals surface area contributed by atoms with Gasteiger partial charge in [0.05, 0.1) is 25.4 Å². The molecule has 0 aromatic carbocycles. The summed E-state index contributed by atoms with van der Waals surface area (Å²) in [6.45, 7) is 4.95. The number of carbonyl (C=O) groups excluding carboxylic acids is 2. The third kappa shape index (κ3) is 63.6. The molecule has 2 unspecified atom stereocenters. The van der Waals surface area contributed by atoms with Gasteiger partial charge in [0, 0.05) is 12.8 Å². The van der Waals surface area contributed by atoms with Crippen LogP contribution in [-0.4, -0.2) is 47.4 Å². The van der Waals surface area contributed by atoms with Crippen LogP contribution in [-0.2, 0) is 14.3 Å². The molecule has 77 heavy (non-hydrogen) atoms. The Morgan fingerprint density at radius 2 is 0.597 bits per heavy atom. The van der Waals surface area contributed by atoms with Crippen LogP contribution in [0.2, 0.25) is 0 Å². The molecule has 0 heterocycles. The molecule has 0 radical (unpaired) electrons. The van der Waals surface area contributed by atoms with Crippen molar-refractivity contribution in [3.63, 3.8) is 0 Å². The fourth-order valence-electron chi connectivity index (χ4n) is 11.4. The van der Waals surface area contributed by atoms with Gasteiger partial charge in [-0.2, -0.15) is 0 Å². The van der Waals surface area contributed by atoms with E-state index in [1.807, 2.05) is 6.08 Å². The average Bonchev–Trinajstić information content (AvgIpc) is 3.43.